The van der Waals surface area contributed by atoms with Gasteiger partial charge in [-0.1, -0.05) is 18.2 Å². The molecule has 0 saturated heterocycles. The fraction of sp³-hybridized carbons (Fsp3) is 0.357. The number of hydrogen-bond donors (Lipinski definition) is 0. The Labute approximate surface area is 105 Å². The van der Waals surface area contributed by atoms with Crippen LogP contribution >= 0.6 is 11.3 Å². The Kier molecular flexibility index (Phi) is 2.34. The van der Waals surface area contributed by atoms with Crippen molar-refractivity contribution in [3.05, 3.63) is 29.6 Å². The molecule has 17 heavy (non-hydrogen) atoms. The number of anilines is 1. The summed E-state index contributed by atoms with van der Waals surface area (Å²) >= 11 is 1.77. The second-order valence-electron chi connectivity index (χ2n) is 4.87. The molecule has 0 atom stereocenters. The van der Waals surface area contributed by atoms with Gasteiger partial charge >= 0.3 is 0 Å². The first kappa shape index (κ1) is 10.6. The molecule has 3 heteroatoms. The lowest BCUT2D eigenvalue weighted by molar-refractivity contribution is 0.654. The second-order valence-corrected chi connectivity index (χ2v) is 5.78. The fourth-order valence-corrected chi connectivity index (χ4v) is 3.26. The van der Waals surface area contributed by atoms with Crippen LogP contribution < -0.4 is 4.90 Å². The molecule has 0 bridgehead atoms. The number of thiophene rings is 1. The molecule has 0 amide bonds. The summed E-state index contributed by atoms with van der Waals surface area (Å²) in [5.74, 6) is 0. The predicted octanol–water partition coefficient (Wildman–Crippen LogP) is 3.64. The lowest BCUT2D eigenvalue weighted by Crippen LogP contribution is -2.25. The minimum Gasteiger partial charge on any atom is -0.372 e. The van der Waals surface area contributed by atoms with Crippen molar-refractivity contribution in [1.29, 1.82) is 5.26 Å². The minimum atomic E-state index is -0.0716. The summed E-state index contributed by atoms with van der Waals surface area (Å²) in [5, 5.41) is 12.6. The highest BCUT2D eigenvalue weighted by Crippen LogP contribution is 2.46. The smallest absolute Gasteiger partial charge is 0.0749 e. The third-order valence-corrected chi connectivity index (χ3v) is 4.45. The maximum Gasteiger partial charge on any atom is 0.0749 e. The Hall–Kier alpha value is -1.53. The third kappa shape index (κ3) is 1.79. The van der Waals surface area contributed by atoms with E-state index in [2.05, 4.69) is 47.7 Å². The number of hydrogen-bond acceptors (Lipinski definition) is 3. The van der Waals surface area contributed by atoms with Crippen LogP contribution in [-0.2, 0) is 0 Å². The van der Waals surface area contributed by atoms with E-state index in [0.29, 0.717) is 0 Å². The zero-order valence-electron chi connectivity index (χ0n) is 9.81. The van der Waals surface area contributed by atoms with Gasteiger partial charge in [0.2, 0.25) is 0 Å². The van der Waals surface area contributed by atoms with Gasteiger partial charge in [0.1, 0.15) is 0 Å². The quantitative estimate of drug-likeness (QED) is 0.821. The summed E-state index contributed by atoms with van der Waals surface area (Å²) in [4.78, 5) is 2.23. The maximum absolute atomic E-state index is 9.14. The van der Waals surface area contributed by atoms with Crippen molar-refractivity contribution in [1.82, 2.24) is 0 Å². The van der Waals surface area contributed by atoms with E-state index in [9.17, 15) is 0 Å². The highest BCUT2D eigenvalue weighted by atomic mass is 32.1. The standard InChI is InChI=1S/C14H14N2S/c1-16(10-14(9-15)6-7-14)12-8-17-13-5-3-2-4-11(12)13/h2-5,8H,6-7,10H2,1H3. The molecule has 0 aliphatic heterocycles. The van der Waals surface area contributed by atoms with E-state index >= 15 is 0 Å². The number of fused-ring (bicyclic) bond motifs is 1. The summed E-state index contributed by atoms with van der Waals surface area (Å²) < 4.78 is 1.32. The molecule has 0 N–H and O–H groups in total. The molecule has 2 nitrogen and oxygen atoms in total. The van der Waals surface area contributed by atoms with E-state index < -0.39 is 0 Å². The topological polar surface area (TPSA) is 27.0 Å². The minimum absolute atomic E-state index is 0.0716. The first-order valence-corrected chi connectivity index (χ1v) is 6.71. The second kappa shape index (κ2) is 3.75. The van der Waals surface area contributed by atoms with Crippen LogP contribution in [0.4, 0.5) is 5.69 Å². The fourth-order valence-electron chi connectivity index (χ4n) is 2.25. The average molecular weight is 242 g/mol. The Morgan fingerprint density at radius 2 is 2.18 bits per heavy atom. The van der Waals surface area contributed by atoms with Crippen LogP contribution in [0.15, 0.2) is 29.6 Å². The summed E-state index contributed by atoms with van der Waals surface area (Å²) in [6, 6.07) is 10.9. The van der Waals surface area contributed by atoms with Crippen LogP contribution in [-0.4, -0.2) is 13.6 Å². The van der Waals surface area contributed by atoms with Crippen molar-refractivity contribution in [2.75, 3.05) is 18.5 Å². The van der Waals surface area contributed by atoms with Crippen LogP contribution in [0.5, 0.6) is 0 Å². The molecule has 1 saturated carbocycles. The van der Waals surface area contributed by atoms with Crippen molar-refractivity contribution in [2.45, 2.75) is 12.8 Å². The highest BCUT2D eigenvalue weighted by molar-refractivity contribution is 7.17. The molecule has 0 unspecified atom stereocenters. The molecular formula is C14H14N2S. The van der Waals surface area contributed by atoms with Crippen molar-refractivity contribution in [2.24, 2.45) is 5.41 Å². The Bertz CT molecular complexity index is 590. The summed E-state index contributed by atoms with van der Waals surface area (Å²) in [6.07, 6.45) is 2.10. The molecule has 2 aromatic rings. The Morgan fingerprint density at radius 1 is 1.41 bits per heavy atom. The zero-order chi connectivity index (χ0) is 11.9. The van der Waals surface area contributed by atoms with Gasteiger partial charge in [0.05, 0.1) is 17.2 Å². The van der Waals surface area contributed by atoms with Gasteiger partial charge in [-0.15, -0.1) is 11.3 Å². The molecule has 0 radical (unpaired) electrons. The van der Waals surface area contributed by atoms with E-state index in [4.69, 9.17) is 5.26 Å². The monoisotopic (exact) mass is 242 g/mol. The molecule has 1 heterocycles. The molecule has 3 rings (SSSR count). The van der Waals surface area contributed by atoms with Crippen LogP contribution in [0.25, 0.3) is 10.1 Å². The lowest BCUT2D eigenvalue weighted by Gasteiger charge is -2.21. The third-order valence-electron chi connectivity index (χ3n) is 3.50. The zero-order valence-corrected chi connectivity index (χ0v) is 10.6. The van der Waals surface area contributed by atoms with Gasteiger partial charge < -0.3 is 4.90 Å². The first-order chi connectivity index (χ1) is 8.24. The number of benzene rings is 1. The van der Waals surface area contributed by atoms with Gasteiger partial charge in [-0.3, -0.25) is 0 Å². The van der Waals surface area contributed by atoms with E-state index in [1.165, 1.54) is 15.8 Å². The van der Waals surface area contributed by atoms with Crippen molar-refractivity contribution >= 4 is 27.1 Å². The highest BCUT2D eigenvalue weighted by Gasteiger charge is 2.44. The maximum atomic E-state index is 9.14. The summed E-state index contributed by atoms with van der Waals surface area (Å²) in [5.41, 5.74) is 1.18. The van der Waals surface area contributed by atoms with Crippen molar-refractivity contribution in [3.63, 3.8) is 0 Å². The van der Waals surface area contributed by atoms with E-state index in [-0.39, 0.29) is 5.41 Å². The molecule has 1 fully saturated rings. The van der Waals surface area contributed by atoms with Gasteiger partial charge in [-0.2, -0.15) is 5.26 Å². The largest absolute Gasteiger partial charge is 0.372 e. The van der Waals surface area contributed by atoms with Gasteiger partial charge in [-0.25, -0.2) is 0 Å². The number of rotatable bonds is 3. The first-order valence-electron chi connectivity index (χ1n) is 5.83. The van der Waals surface area contributed by atoms with Gasteiger partial charge in [-0.05, 0) is 18.9 Å². The normalized spacial score (nSPS) is 16.7. The van der Waals surface area contributed by atoms with Crippen LogP contribution in [0.3, 0.4) is 0 Å². The van der Waals surface area contributed by atoms with Gasteiger partial charge in [0.25, 0.3) is 0 Å². The van der Waals surface area contributed by atoms with Crippen LogP contribution in [0, 0.1) is 16.7 Å². The molecule has 1 aliphatic carbocycles. The average Bonchev–Trinajstić information content (AvgIpc) is 2.99. The van der Waals surface area contributed by atoms with Crippen LogP contribution in [0.2, 0.25) is 0 Å². The van der Waals surface area contributed by atoms with Gasteiger partial charge in [0, 0.05) is 29.1 Å². The summed E-state index contributed by atoms with van der Waals surface area (Å²) in [7, 11) is 2.09. The number of nitriles is 1. The summed E-state index contributed by atoms with van der Waals surface area (Å²) in [6.45, 7) is 0.851. The SMILES string of the molecule is CN(CC1(C#N)CC1)c1csc2ccccc12. The molecular weight excluding hydrogens is 228 g/mol. The van der Waals surface area contributed by atoms with Crippen molar-refractivity contribution < 1.29 is 0 Å². The van der Waals surface area contributed by atoms with E-state index in [0.717, 1.165) is 19.4 Å². The van der Waals surface area contributed by atoms with E-state index in [1.807, 2.05) is 0 Å². The molecule has 1 aromatic heterocycles. The predicted molar refractivity (Wildman–Crippen MR) is 72.4 cm³/mol. The number of nitrogens with zero attached hydrogens (tertiary/aromatic N) is 2. The van der Waals surface area contributed by atoms with E-state index in [1.54, 1.807) is 11.3 Å². The molecule has 1 aliphatic rings. The van der Waals surface area contributed by atoms with Gasteiger partial charge in [0.15, 0.2) is 0 Å². The molecule has 0 spiro atoms. The van der Waals surface area contributed by atoms with Crippen LogP contribution in [0.1, 0.15) is 12.8 Å². The van der Waals surface area contributed by atoms with Crippen molar-refractivity contribution in [3.8, 4) is 6.07 Å². The Balaban J connectivity index is 1.91. The molecule has 86 valence electrons. The Morgan fingerprint density at radius 3 is 2.88 bits per heavy atom. The molecule has 1 aromatic carbocycles. The lowest BCUT2D eigenvalue weighted by atomic mass is 10.1.